The smallest absolute Gasteiger partial charge is 0.326 e. The Hall–Kier alpha value is -1.75. The number of aliphatic carboxylic acids is 1. The number of hydrogen-bond donors (Lipinski definition) is 2. The molecule has 1 unspecified atom stereocenters. The number of carbonyl (C=O) groups excluding carboxylic acids is 1. The van der Waals surface area contributed by atoms with E-state index in [4.69, 9.17) is 16.7 Å². The average molecular weight is 258 g/mol. The molecule has 5 nitrogen and oxygen atoms in total. The predicted octanol–water partition coefficient (Wildman–Crippen LogP) is 1.59. The first kappa shape index (κ1) is 13.3. The first-order valence-corrected chi connectivity index (χ1v) is 5.21. The van der Waals surface area contributed by atoms with Crippen molar-refractivity contribution in [2.45, 2.75) is 13.0 Å². The highest BCUT2D eigenvalue weighted by Gasteiger charge is 2.24. The molecular formula is C11H12ClNO4. The minimum Gasteiger partial charge on any atom is -0.507 e. The normalized spacial score (nSPS) is 11.9. The van der Waals surface area contributed by atoms with Gasteiger partial charge in [-0.25, -0.2) is 4.79 Å². The number of aromatic hydroxyl groups is 1. The van der Waals surface area contributed by atoms with Crippen molar-refractivity contribution in [3.8, 4) is 5.75 Å². The van der Waals surface area contributed by atoms with Crippen molar-refractivity contribution >= 4 is 23.5 Å². The molecule has 6 heteroatoms. The van der Waals surface area contributed by atoms with Gasteiger partial charge in [0.1, 0.15) is 11.8 Å². The van der Waals surface area contributed by atoms with E-state index in [0.717, 1.165) is 4.90 Å². The van der Waals surface area contributed by atoms with Gasteiger partial charge < -0.3 is 15.1 Å². The number of nitrogens with zero attached hydrogens (tertiary/aromatic N) is 1. The van der Waals surface area contributed by atoms with E-state index in [1.54, 1.807) is 0 Å². The highest BCUT2D eigenvalue weighted by atomic mass is 35.5. The molecule has 1 amide bonds. The second kappa shape index (κ2) is 5.05. The number of halogens is 1. The molecule has 0 aliphatic rings. The van der Waals surface area contributed by atoms with Gasteiger partial charge in [-0.3, -0.25) is 4.79 Å². The van der Waals surface area contributed by atoms with E-state index >= 15 is 0 Å². The van der Waals surface area contributed by atoms with Gasteiger partial charge >= 0.3 is 5.97 Å². The minimum absolute atomic E-state index is 0.0185. The van der Waals surface area contributed by atoms with Gasteiger partial charge in [0, 0.05) is 12.1 Å². The van der Waals surface area contributed by atoms with Crippen LogP contribution in [0.25, 0.3) is 0 Å². The van der Waals surface area contributed by atoms with Crippen molar-refractivity contribution in [3.05, 3.63) is 28.8 Å². The van der Waals surface area contributed by atoms with Crippen molar-refractivity contribution in [3.63, 3.8) is 0 Å². The summed E-state index contributed by atoms with van der Waals surface area (Å²) in [5.74, 6) is -1.96. The molecule has 92 valence electrons. The number of hydrogen-bond acceptors (Lipinski definition) is 3. The van der Waals surface area contributed by atoms with Crippen molar-refractivity contribution in [2.24, 2.45) is 0 Å². The van der Waals surface area contributed by atoms with Crippen molar-refractivity contribution in [1.29, 1.82) is 0 Å². The number of phenolic OH excluding ortho intramolecular Hbond substituents is 1. The Labute approximate surface area is 103 Å². The zero-order valence-electron chi connectivity index (χ0n) is 9.35. The lowest BCUT2D eigenvalue weighted by Crippen LogP contribution is -2.40. The van der Waals surface area contributed by atoms with Gasteiger partial charge in [0.2, 0.25) is 0 Å². The summed E-state index contributed by atoms with van der Waals surface area (Å²) in [4.78, 5) is 23.7. The maximum atomic E-state index is 11.9. The van der Waals surface area contributed by atoms with Crippen LogP contribution in [0.4, 0.5) is 0 Å². The molecular weight excluding hydrogens is 246 g/mol. The number of carboxylic acid groups (broad SMARTS) is 1. The van der Waals surface area contributed by atoms with Gasteiger partial charge in [-0.05, 0) is 25.1 Å². The van der Waals surface area contributed by atoms with Gasteiger partial charge in [0.15, 0.2) is 0 Å². The number of rotatable bonds is 3. The Morgan fingerprint density at radius 2 is 2.00 bits per heavy atom. The first-order chi connectivity index (χ1) is 7.84. The first-order valence-electron chi connectivity index (χ1n) is 4.83. The Morgan fingerprint density at radius 3 is 2.47 bits per heavy atom. The van der Waals surface area contributed by atoms with Crippen LogP contribution in [-0.2, 0) is 4.79 Å². The Kier molecular flexibility index (Phi) is 3.96. The summed E-state index contributed by atoms with van der Waals surface area (Å²) < 4.78 is 0. The van der Waals surface area contributed by atoms with Gasteiger partial charge in [-0.1, -0.05) is 11.6 Å². The SMILES string of the molecule is CC(C(=O)O)N(C)C(=O)c1ccc(Cl)cc1O. The number of likely N-dealkylation sites (N-methyl/N-ethyl adjacent to an activating group) is 1. The third kappa shape index (κ3) is 2.88. The van der Waals surface area contributed by atoms with E-state index in [9.17, 15) is 14.7 Å². The molecule has 1 aromatic carbocycles. The largest absolute Gasteiger partial charge is 0.507 e. The summed E-state index contributed by atoms with van der Waals surface area (Å²) in [5, 5.41) is 18.6. The lowest BCUT2D eigenvalue weighted by molar-refractivity contribution is -0.141. The maximum Gasteiger partial charge on any atom is 0.326 e. The third-order valence-corrected chi connectivity index (χ3v) is 2.68. The van der Waals surface area contributed by atoms with Crippen LogP contribution in [0.15, 0.2) is 18.2 Å². The van der Waals surface area contributed by atoms with Crippen LogP contribution in [0.3, 0.4) is 0 Å². The molecule has 0 bridgehead atoms. The lowest BCUT2D eigenvalue weighted by atomic mass is 10.1. The molecule has 1 atom stereocenters. The summed E-state index contributed by atoms with van der Waals surface area (Å²) >= 11 is 5.64. The number of phenols is 1. The molecule has 0 radical (unpaired) electrons. The van der Waals surface area contributed by atoms with Crippen LogP contribution < -0.4 is 0 Å². The van der Waals surface area contributed by atoms with E-state index in [-0.39, 0.29) is 11.3 Å². The standard InChI is InChI=1S/C11H12ClNO4/c1-6(11(16)17)13(2)10(15)8-4-3-7(12)5-9(8)14/h3-6,14H,1-2H3,(H,16,17). The second-order valence-electron chi connectivity index (χ2n) is 3.59. The molecule has 17 heavy (non-hydrogen) atoms. The molecule has 0 spiro atoms. The summed E-state index contributed by atoms with van der Waals surface area (Å²) in [6, 6.07) is 3.06. The van der Waals surface area contributed by atoms with E-state index in [0.29, 0.717) is 5.02 Å². The van der Waals surface area contributed by atoms with Crippen LogP contribution in [0, 0.1) is 0 Å². The van der Waals surface area contributed by atoms with E-state index in [1.807, 2.05) is 0 Å². The van der Waals surface area contributed by atoms with Gasteiger partial charge in [-0.2, -0.15) is 0 Å². The quantitative estimate of drug-likeness (QED) is 0.862. The molecule has 0 aliphatic heterocycles. The summed E-state index contributed by atoms with van der Waals surface area (Å²) in [7, 11) is 1.36. The summed E-state index contributed by atoms with van der Waals surface area (Å²) in [6.07, 6.45) is 0. The third-order valence-electron chi connectivity index (χ3n) is 2.45. The highest BCUT2D eigenvalue weighted by Crippen LogP contribution is 2.23. The van der Waals surface area contributed by atoms with E-state index < -0.39 is 17.9 Å². The molecule has 0 saturated carbocycles. The number of carbonyl (C=O) groups is 2. The van der Waals surface area contributed by atoms with E-state index in [2.05, 4.69) is 0 Å². The number of amides is 1. The highest BCUT2D eigenvalue weighted by molar-refractivity contribution is 6.30. The Morgan fingerprint density at radius 1 is 1.41 bits per heavy atom. The van der Waals surface area contributed by atoms with Crippen LogP contribution in [0.1, 0.15) is 17.3 Å². The fourth-order valence-electron chi connectivity index (χ4n) is 1.22. The zero-order valence-corrected chi connectivity index (χ0v) is 10.1. The molecule has 1 rings (SSSR count). The predicted molar refractivity (Wildman–Crippen MR) is 62.3 cm³/mol. The molecule has 0 fully saturated rings. The summed E-state index contributed by atoms with van der Waals surface area (Å²) in [6.45, 7) is 1.38. The fraction of sp³-hybridized carbons (Fsp3) is 0.273. The molecule has 0 heterocycles. The van der Waals surface area contributed by atoms with Gasteiger partial charge in [0.05, 0.1) is 5.56 Å². The van der Waals surface area contributed by atoms with Gasteiger partial charge in [-0.15, -0.1) is 0 Å². The second-order valence-corrected chi connectivity index (χ2v) is 4.03. The van der Waals surface area contributed by atoms with Crippen molar-refractivity contribution in [2.75, 3.05) is 7.05 Å². The topological polar surface area (TPSA) is 77.8 Å². The number of carboxylic acids is 1. The average Bonchev–Trinajstić information content (AvgIpc) is 2.26. The van der Waals surface area contributed by atoms with Crippen LogP contribution in [-0.4, -0.2) is 40.1 Å². The number of benzene rings is 1. The zero-order chi connectivity index (χ0) is 13.2. The molecule has 2 N–H and O–H groups in total. The lowest BCUT2D eigenvalue weighted by Gasteiger charge is -2.21. The molecule has 0 saturated heterocycles. The van der Waals surface area contributed by atoms with E-state index in [1.165, 1.54) is 32.2 Å². The van der Waals surface area contributed by atoms with Crippen LogP contribution in [0.5, 0.6) is 5.75 Å². The Bertz CT molecular complexity index is 461. The van der Waals surface area contributed by atoms with Crippen molar-refractivity contribution in [1.82, 2.24) is 4.90 Å². The molecule has 1 aromatic rings. The minimum atomic E-state index is -1.12. The molecule has 0 aromatic heterocycles. The van der Waals surface area contributed by atoms with Gasteiger partial charge in [0.25, 0.3) is 5.91 Å². The fourth-order valence-corrected chi connectivity index (χ4v) is 1.38. The van der Waals surface area contributed by atoms with Crippen LogP contribution >= 0.6 is 11.6 Å². The Balaban J connectivity index is 3.00. The van der Waals surface area contributed by atoms with Crippen molar-refractivity contribution < 1.29 is 19.8 Å². The molecule has 0 aliphatic carbocycles. The summed E-state index contributed by atoms with van der Waals surface area (Å²) in [5.41, 5.74) is 0.0185. The van der Waals surface area contributed by atoms with Crippen LogP contribution in [0.2, 0.25) is 5.02 Å². The monoisotopic (exact) mass is 257 g/mol. The maximum absolute atomic E-state index is 11.9.